The Morgan fingerprint density at radius 2 is 2.04 bits per heavy atom. The number of aliphatic imine (C=N–C) groups is 1. The maximum atomic E-state index is 11.1. The van der Waals surface area contributed by atoms with Crippen LogP contribution in [0.25, 0.3) is 0 Å². The van der Waals surface area contributed by atoms with E-state index in [4.69, 9.17) is 15.5 Å². The van der Waals surface area contributed by atoms with Crippen LogP contribution in [0.15, 0.2) is 4.99 Å². The Kier molecular flexibility index (Phi) is 5.10. The predicted molar refractivity (Wildman–Crippen MR) is 101 cm³/mol. The molecule has 7 heteroatoms. The lowest BCUT2D eigenvalue weighted by Gasteiger charge is -2.63. The van der Waals surface area contributed by atoms with Crippen molar-refractivity contribution in [1.82, 2.24) is 15.5 Å². The molecule has 4 fully saturated rings. The molecule has 0 aromatic rings. The summed E-state index contributed by atoms with van der Waals surface area (Å²) < 4.78 is 6.03. The number of likely N-dealkylation sites (tertiary alicyclic amines) is 1. The van der Waals surface area contributed by atoms with Gasteiger partial charge in [0.2, 0.25) is 5.91 Å². The summed E-state index contributed by atoms with van der Waals surface area (Å²) in [6.45, 7) is 5.97. The SMILES string of the molecule is CCN=C(NC1CCN(CC(N)=O)CC1)NC1C2CCOC2C12CCC2. The van der Waals surface area contributed by atoms with Gasteiger partial charge in [0.25, 0.3) is 0 Å². The van der Waals surface area contributed by atoms with Crippen LogP contribution in [-0.2, 0) is 9.53 Å². The van der Waals surface area contributed by atoms with Crippen molar-refractivity contribution in [2.45, 2.75) is 63.6 Å². The fourth-order valence-electron chi connectivity index (χ4n) is 5.54. The van der Waals surface area contributed by atoms with Gasteiger partial charge in [-0.05, 0) is 39.0 Å². The normalized spacial score (nSPS) is 34.0. The van der Waals surface area contributed by atoms with Gasteiger partial charge in [0.05, 0.1) is 12.6 Å². The Balaban J connectivity index is 1.33. The Labute approximate surface area is 156 Å². The van der Waals surface area contributed by atoms with Crippen molar-refractivity contribution in [2.24, 2.45) is 22.1 Å². The molecule has 3 atom stereocenters. The maximum Gasteiger partial charge on any atom is 0.231 e. The van der Waals surface area contributed by atoms with Gasteiger partial charge in [-0.1, -0.05) is 6.42 Å². The molecule has 4 N–H and O–H groups in total. The van der Waals surface area contributed by atoms with Crippen LogP contribution in [0.1, 0.15) is 45.4 Å². The average molecular weight is 364 g/mol. The van der Waals surface area contributed by atoms with Crippen LogP contribution in [0.5, 0.6) is 0 Å². The Morgan fingerprint density at radius 1 is 1.27 bits per heavy atom. The quantitative estimate of drug-likeness (QED) is 0.487. The Bertz CT molecular complexity index is 554. The van der Waals surface area contributed by atoms with Gasteiger partial charge < -0.3 is 21.1 Å². The number of primary amides is 1. The van der Waals surface area contributed by atoms with Gasteiger partial charge in [0, 0.05) is 49.7 Å². The van der Waals surface area contributed by atoms with Crippen LogP contribution in [0.4, 0.5) is 0 Å². The third-order valence-electron chi connectivity index (χ3n) is 6.95. The molecule has 146 valence electrons. The zero-order chi connectivity index (χ0) is 18.1. The molecule has 1 spiro atoms. The largest absolute Gasteiger partial charge is 0.377 e. The molecule has 0 aromatic carbocycles. The molecule has 0 bridgehead atoms. The Morgan fingerprint density at radius 3 is 2.65 bits per heavy atom. The van der Waals surface area contributed by atoms with Crippen molar-refractivity contribution in [3.63, 3.8) is 0 Å². The highest BCUT2D eigenvalue weighted by Gasteiger charge is 2.66. The number of piperidine rings is 1. The number of rotatable bonds is 5. The first-order chi connectivity index (χ1) is 12.6. The predicted octanol–water partition coefficient (Wildman–Crippen LogP) is 0.449. The molecule has 7 nitrogen and oxygen atoms in total. The number of hydrogen-bond donors (Lipinski definition) is 3. The fourth-order valence-corrected chi connectivity index (χ4v) is 5.54. The van der Waals surface area contributed by atoms with E-state index in [1.54, 1.807) is 0 Å². The number of carbonyl (C=O) groups is 1. The van der Waals surface area contributed by atoms with Gasteiger partial charge in [-0.3, -0.25) is 14.7 Å². The maximum absolute atomic E-state index is 11.1. The van der Waals surface area contributed by atoms with Crippen LogP contribution in [0.3, 0.4) is 0 Å². The first kappa shape index (κ1) is 18.0. The lowest BCUT2D eigenvalue weighted by Crippen LogP contribution is -2.72. The smallest absolute Gasteiger partial charge is 0.231 e. The zero-order valence-electron chi connectivity index (χ0n) is 15.9. The molecule has 1 amide bonds. The highest BCUT2D eigenvalue weighted by molar-refractivity contribution is 5.81. The van der Waals surface area contributed by atoms with Crippen LogP contribution in [0, 0.1) is 11.3 Å². The molecule has 0 aromatic heterocycles. The number of nitrogens with two attached hydrogens (primary N) is 1. The minimum Gasteiger partial charge on any atom is -0.377 e. The van der Waals surface area contributed by atoms with Gasteiger partial charge in [-0.15, -0.1) is 0 Å². The van der Waals surface area contributed by atoms with Gasteiger partial charge in [0.15, 0.2) is 5.96 Å². The summed E-state index contributed by atoms with van der Waals surface area (Å²) in [5.74, 6) is 1.37. The van der Waals surface area contributed by atoms with Crippen molar-refractivity contribution in [1.29, 1.82) is 0 Å². The van der Waals surface area contributed by atoms with E-state index in [-0.39, 0.29) is 5.91 Å². The minimum atomic E-state index is -0.240. The monoisotopic (exact) mass is 363 g/mol. The van der Waals surface area contributed by atoms with E-state index in [2.05, 4.69) is 22.5 Å². The number of hydrogen-bond acceptors (Lipinski definition) is 4. The molecule has 2 aliphatic carbocycles. The second kappa shape index (κ2) is 7.35. The summed E-state index contributed by atoms with van der Waals surface area (Å²) in [7, 11) is 0. The number of nitrogens with one attached hydrogen (secondary N) is 2. The third-order valence-corrected chi connectivity index (χ3v) is 6.95. The highest BCUT2D eigenvalue weighted by atomic mass is 16.5. The van der Waals surface area contributed by atoms with Crippen LogP contribution >= 0.6 is 0 Å². The summed E-state index contributed by atoms with van der Waals surface area (Å²) in [5, 5.41) is 7.43. The summed E-state index contributed by atoms with van der Waals surface area (Å²) in [4.78, 5) is 17.9. The van der Waals surface area contributed by atoms with Gasteiger partial charge in [-0.25, -0.2) is 0 Å². The van der Waals surface area contributed by atoms with Crippen molar-refractivity contribution in [3.05, 3.63) is 0 Å². The van der Waals surface area contributed by atoms with E-state index in [0.717, 1.165) is 45.0 Å². The van der Waals surface area contributed by atoms with E-state index >= 15 is 0 Å². The van der Waals surface area contributed by atoms with E-state index in [1.807, 2.05) is 0 Å². The van der Waals surface area contributed by atoms with Crippen LogP contribution in [0.2, 0.25) is 0 Å². The fraction of sp³-hybridized carbons (Fsp3) is 0.895. The first-order valence-corrected chi connectivity index (χ1v) is 10.3. The number of fused-ring (bicyclic) bond motifs is 2. The molecular formula is C19H33N5O2. The van der Waals surface area contributed by atoms with Crippen molar-refractivity contribution in [3.8, 4) is 0 Å². The topological polar surface area (TPSA) is 92.0 Å². The zero-order valence-corrected chi connectivity index (χ0v) is 15.9. The third kappa shape index (κ3) is 3.20. The molecule has 3 unspecified atom stereocenters. The number of nitrogens with zero attached hydrogens (tertiary/aromatic N) is 2. The van der Waals surface area contributed by atoms with Gasteiger partial charge in [-0.2, -0.15) is 0 Å². The molecule has 4 aliphatic rings. The molecule has 2 aliphatic heterocycles. The van der Waals surface area contributed by atoms with E-state index in [9.17, 15) is 4.79 Å². The summed E-state index contributed by atoms with van der Waals surface area (Å²) in [5.41, 5.74) is 5.67. The van der Waals surface area contributed by atoms with Crippen molar-refractivity contribution in [2.75, 3.05) is 32.8 Å². The minimum absolute atomic E-state index is 0.240. The molecule has 26 heavy (non-hydrogen) atoms. The van der Waals surface area contributed by atoms with Gasteiger partial charge in [0.1, 0.15) is 0 Å². The number of carbonyl (C=O) groups excluding carboxylic acids is 1. The lowest BCUT2D eigenvalue weighted by molar-refractivity contribution is -0.171. The lowest BCUT2D eigenvalue weighted by atomic mass is 9.46. The van der Waals surface area contributed by atoms with Crippen molar-refractivity contribution >= 4 is 11.9 Å². The number of ether oxygens (including phenoxy) is 1. The van der Waals surface area contributed by atoms with E-state index in [0.29, 0.717) is 36.1 Å². The average Bonchev–Trinajstić information content (AvgIpc) is 2.98. The standard InChI is InChI=1S/C19H33N5O2/c1-2-21-18(22-13-4-9-24(10-5-13)12-15(20)25)23-16-14-6-11-26-17(14)19(16)7-3-8-19/h13-14,16-17H,2-12H2,1H3,(H2,20,25)(H2,21,22,23). The van der Waals surface area contributed by atoms with Crippen molar-refractivity contribution < 1.29 is 9.53 Å². The first-order valence-electron chi connectivity index (χ1n) is 10.3. The number of amides is 1. The molecule has 2 saturated heterocycles. The molecule has 2 saturated carbocycles. The Hall–Kier alpha value is -1.34. The second-order valence-corrected chi connectivity index (χ2v) is 8.44. The molecule has 4 rings (SSSR count). The summed E-state index contributed by atoms with van der Waals surface area (Å²) in [6.07, 6.45) is 7.60. The number of guanidine groups is 1. The highest BCUT2D eigenvalue weighted by Crippen LogP contribution is 2.62. The van der Waals surface area contributed by atoms with Gasteiger partial charge >= 0.3 is 0 Å². The molecule has 2 heterocycles. The summed E-state index contributed by atoms with van der Waals surface area (Å²) in [6, 6.07) is 0.918. The molecule has 0 radical (unpaired) electrons. The van der Waals surface area contributed by atoms with Crippen LogP contribution in [-0.4, -0.2) is 67.7 Å². The van der Waals surface area contributed by atoms with Crippen LogP contribution < -0.4 is 16.4 Å². The summed E-state index contributed by atoms with van der Waals surface area (Å²) >= 11 is 0. The second-order valence-electron chi connectivity index (χ2n) is 8.44. The van der Waals surface area contributed by atoms with E-state index in [1.165, 1.54) is 25.7 Å². The van der Waals surface area contributed by atoms with E-state index < -0.39 is 0 Å². The molecular weight excluding hydrogens is 330 g/mol.